The summed E-state index contributed by atoms with van der Waals surface area (Å²) in [5.74, 6) is 0.848. The summed E-state index contributed by atoms with van der Waals surface area (Å²) in [4.78, 5) is 8.51. The molecule has 0 fully saturated rings. The first-order valence-electron chi connectivity index (χ1n) is 7.12. The van der Waals surface area contributed by atoms with E-state index in [1.807, 2.05) is 18.2 Å². The summed E-state index contributed by atoms with van der Waals surface area (Å²) in [5, 5.41) is 4.33. The monoisotopic (exact) mass is 290 g/mol. The quantitative estimate of drug-likeness (QED) is 0.543. The zero-order valence-electron chi connectivity index (χ0n) is 12.3. The van der Waals surface area contributed by atoms with Gasteiger partial charge in [0.2, 0.25) is 0 Å². The normalized spacial score (nSPS) is 10.9. The molecule has 0 saturated carbocycles. The van der Waals surface area contributed by atoms with Crippen LogP contribution in [0.5, 0.6) is 0 Å². The molecule has 0 aliphatic heterocycles. The highest BCUT2D eigenvalue weighted by Gasteiger charge is 2.03. The van der Waals surface area contributed by atoms with Crippen LogP contribution >= 0.6 is 0 Å². The third-order valence-corrected chi connectivity index (χ3v) is 3.10. The summed E-state index contributed by atoms with van der Waals surface area (Å²) in [6, 6.07) is 5.66. The fourth-order valence-corrected chi connectivity index (χ4v) is 2.00. The van der Waals surface area contributed by atoms with E-state index in [0.29, 0.717) is 18.9 Å². The summed E-state index contributed by atoms with van der Waals surface area (Å²) in [6.45, 7) is 2.91. The summed E-state index contributed by atoms with van der Waals surface area (Å²) < 4.78 is 10.3. The minimum atomic E-state index is 0.647. The average Bonchev–Trinajstić information content (AvgIpc) is 2.49. The Morgan fingerprint density at radius 2 is 2.05 bits per heavy atom. The number of nitrogens with zero attached hydrogens (tertiary/aromatic N) is 2. The Morgan fingerprint density at radius 1 is 1.14 bits per heavy atom. The van der Waals surface area contributed by atoms with Crippen LogP contribution in [0.15, 0.2) is 24.5 Å². The minimum Gasteiger partial charge on any atom is -0.399 e. The fraction of sp³-hybridized carbons (Fsp3) is 0.467. The fourth-order valence-electron chi connectivity index (χ4n) is 2.00. The van der Waals surface area contributed by atoms with Crippen LogP contribution in [0.1, 0.15) is 12.8 Å². The highest BCUT2D eigenvalue weighted by molar-refractivity contribution is 5.90. The second kappa shape index (κ2) is 8.39. The molecule has 114 valence electrons. The van der Waals surface area contributed by atoms with Crippen molar-refractivity contribution < 1.29 is 9.47 Å². The van der Waals surface area contributed by atoms with Crippen LogP contribution in [0.3, 0.4) is 0 Å². The first-order chi connectivity index (χ1) is 10.3. The van der Waals surface area contributed by atoms with Gasteiger partial charge in [0.1, 0.15) is 12.1 Å². The molecule has 1 aromatic heterocycles. The number of nitrogens with two attached hydrogens (primary N) is 1. The Kier molecular flexibility index (Phi) is 6.18. The zero-order valence-corrected chi connectivity index (χ0v) is 12.3. The van der Waals surface area contributed by atoms with E-state index in [-0.39, 0.29) is 0 Å². The first kappa shape index (κ1) is 15.5. The molecule has 2 aromatic rings. The van der Waals surface area contributed by atoms with Gasteiger partial charge in [0.15, 0.2) is 0 Å². The van der Waals surface area contributed by atoms with Gasteiger partial charge in [-0.2, -0.15) is 0 Å². The molecular formula is C15H22N4O2. The molecule has 0 aliphatic rings. The number of fused-ring (bicyclic) bond motifs is 1. The number of nitrogens with one attached hydrogen (secondary N) is 1. The number of methoxy groups -OCH3 is 1. The van der Waals surface area contributed by atoms with E-state index in [1.165, 1.54) is 0 Å². The number of ether oxygens (including phenoxy) is 2. The number of anilines is 2. The number of benzene rings is 1. The molecule has 1 heterocycles. The van der Waals surface area contributed by atoms with Gasteiger partial charge in [-0.05, 0) is 31.0 Å². The van der Waals surface area contributed by atoms with Crippen molar-refractivity contribution in [2.24, 2.45) is 0 Å². The maximum Gasteiger partial charge on any atom is 0.137 e. The predicted octanol–water partition coefficient (Wildman–Crippen LogP) is 2.07. The van der Waals surface area contributed by atoms with E-state index in [4.69, 9.17) is 15.2 Å². The molecule has 21 heavy (non-hydrogen) atoms. The van der Waals surface area contributed by atoms with Gasteiger partial charge in [-0.25, -0.2) is 9.97 Å². The summed E-state index contributed by atoms with van der Waals surface area (Å²) in [5.41, 5.74) is 7.33. The molecule has 0 unspecified atom stereocenters. The molecule has 0 amide bonds. The second-order valence-corrected chi connectivity index (χ2v) is 4.74. The largest absolute Gasteiger partial charge is 0.399 e. The van der Waals surface area contributed by atoms with E-state index < -0.39 is 0 Å². The van der Waals surface area contributed by atoms with Crippen molar-refractivity contribution in [1.82, 2.24) is 9.97 Å². The number of rotatable bonds is 9. The van der Waals surface area contributed by atoms with Gasteiger partial charge in [0, 0.05) is 31.3 Å². The molecule has 0 aliphatic carbocycles. The Morgan fingerprint density at radius 3 is 2.90 bits per heavy atom. The summed E-state index contributed by atoms with van der Waals surface area (Å²) in [7, 11) is 1.67. The molecule has 0 spiro atoms. The third kappa shape index (κ3) is 4.84. The molecule has 1 aromatic carbocycles. The van der Waals surface area contributed by atoms with Crippen LogP contribution < -0.4 is 11.1 Å². The van der Waals surface area contributed by atoms with Crippen LogP contribution in [0, 0.1) is 0 Å². The van der Waals surface area contributed by atoms with Crippen LogP contribution in [0.25, 0.3) is 10.9 Å². The smallest absolute Gasteiger partial charge is 0.137 e. The highest BCUT2D eigenvalue weighted by atomic mass is 16.5. The number of nitrogen functional groups attached to an aromatic ring is 1. The van der Waals surface area contributed by atoms with Crippen molar-refractivity contribution in [1.29, 1.82) is 0 Å². The molecule has 0 radical (unpaired) electrons. The lowest BCUT2D eigenvalue weighted by atomic mass is 10.2. The maximum absolute atomic E-state index is 5.76. The lowest BCUT2D eigenvalue weighted by Crippen LogP contribution is -2.07. The topological polar surface area (TPSA) is 82.3 Å². The van der Waals surface area contributed by atoms with Crippen molar-refractivity contribution in [2.75, 3.05) is 44.5 Å². The van der Waals surface area contributed by atoms with Crippen molar-refractivity contribution >= 4 is 22.4 Å². The van der Waals surface area contributed by atoms with Gasteiger partial charge in [-0.3, -0.25) is 0 Å². The zero-order chi connectivity index (χ0) is 14.9. The van der Waals surface area contributed by atoms with Crippen molar-refractivity contribution in [3.05, 3.63) is 24.5 Å². The average molecular weight is 290 g/mol. The van der Waals surface area contributed by atoms with Gasteiger partial charge in [0.25, 0.3) is 0 Å². The molecular weight excluding hydrogens is 268 g/mol. The molecule has 0 saturated heterocycles. The number of hydrogen-bond donors (Lipinski definition) is 2. The molecule has 2 rings (SSSR count). The van der Waals surface area contributed by atoms with Crippen molar-refractivity contribution in [3.63, 3.8) is 0 Å². The molecule has 3 N–H and O–H groups in total. The van der Waals surface area contributed by atoms with Gasteiger partial charge >= 0.3 is 0 Å². The van der Waals surface area contributed by atoms with Crippen LogP contribution in [-0.2, 0) is 9.47 Å². The van der Waals surface area contributed by atoms with E-state index in [1.54, 1.807) is 13.4 Å². The molecule has 6 heteroatoms. The van der Waals surface area contributed by atoms with Gasteiger partial charge in [0.05, 0.1) is 18.7 Å². The van der Waals surface area contributed by atoms with Gasteiger partial charge < -0.3 is 20.5 Å². The Labute approximate surface area is 124 Å². The lowest BCUT2D eigenvalue weighted by Gasteiger charge is -2.08. The van der Waals surface area contributed by atoms with Crippen LogP contribution in [-0.4, -0.2) is 43.4 Å². The highest BCUT2D eigenvalue weighted by Crippen LogP contribution is 2.21. The van der Waals surface area contributed by atoms with Crippen LogP contribution in [0.2, 0.25) is 0 Å². The van der Waals surface area contributed by atoms with Gasteiger partial charge in [-0.15, -0.1) is 0 Å². The van der Waals surface area contributed by atoms with E-state index >= 15 is 0 Å². The van der Waals surface area contributed by atoms with E-state index in [9.17, 15) is 0 Å². The predicted molar refractivity (Wildman–Crippen MR) is 84.4 cm³/mol. The summed E-state index contributed by atoms with van der Waals surface area (Å²) >= 11 is 0. The number of unbranched alkanes of at least 4 members (excludes halogenated alkanes) is 1. The van der Waals surface area contributed by atoms with E-state index in [0.717, 1.165) is 42.7 Å². The van der Waals surface area contributed by atoms with Gasteiger partial charge in [-0.1, -0.05) is 0 Å². The third-order valence-electron chi connectivity index (χ3n) is 3.10. The van der Waals surface area contributed by atoms with Crippen LogP contribution in [0.4, 0.5) is 11.5 Å². The minimum absolute atomic E-state index is 0.647. The Balaban J connectivity index is 1.76. The summed E-state index contributed by atoms with van der Waals surface area (Å²) in [6.07, 6.45) is 3.58. The lowest BCUT2D eigenvalue weighted by molar-refractivity contribution is 0.0691. The second-order valence-electron chi connectivity index (χ2n) is 4.74. The van der Waals surface area contributed by atoms with E-state index in [2.05, 4.69) is 15.3 Å². The van der Waals surface area contributed by atoms with Crippen molar-refractivity contribution in [3.8, 4) is 0 Å². The first-order valence-corrected chi connectivity index (χ1v) is 7.12. The van der Waals surface area contributed by atoms with Crippen molar-refractivity contribution in [2.45, 2.75) is 12.8 Å². The Hall–Kier alpha value is -1.92. The molecule has 0 atom stereocenters. The molecule has 6 nitrogen and oxygen atoms in total. The number of hydrogen-bond acceptors (Lipinski definition) is 6. The Bertz CT molecular complexity index is 562. The SMILES string of the molecule is COCCOCCCCNc1ncnc2cc(N)ccc12. The number of aromatic nitrogens is 2. The molecule has 0 bridgehead atoms. The maximum atomic E-state index is 5.76. The standard InChI is InChI=1S/C15H22N4O2/c1-20-8-9-21-7-3-2-6-17-15-13-5-4-12(16)10-14(13)18-11-19-15/h4-5,10-11H,2-3,6-9,16H2,1H3,(H,17,18,19).